The van der Waals surface area contributed by atoms with Crippen molar-refractivity contribution in [1.29, 1.82) is 0 Å². The average molecular weight is 288 g/mol. The van der Waals surface area contributed by atoms with Crippen molar-refractivity contribution in [3.63, 3.8) is 0 Å². The van der Waals surface area contributed by atoms with Gasteiger partial charge in [-0.1, -0.05) is 0 Å². The van der Waals surface area contributed by atoms with Crippen LogP contribution in [0.25, 0.3) is 0 Å². The molecule has 0 saturated carbocycles. The largest absolute Gasteiger partial charge is 0.573 e. The van der Waals surface area contributed by atoms with Crippen molar-refractivity contribution >= 4 is 34.2 Å². The normalized spacial score (nSPS) is 11.5. The van der Waals surface area contributed by atoms with E-state index in [1.54, 1.807) is 0 Å². The second-order valence-corrected chi connectivity index (χ2v) is 3.72. The summed E-state index contributed by atoms with van der Waals surface area (Å²) < 4.78 is 39.4. The Hall–Kier alpha value is -0.560. The lowest BCUT2D eigenvalue weighted by molar-refractivity contribution is -0.274. The number of hydrogen-bond donors (Lipinski definition) is 2. The van der Waals surface area contributed by atoms with Crippen LogP contribution in [0.5, 0.6) is 5.75 Å². The highest BCUT2D eigenvalue weighted by Gasteiger charge is 2.31. The van der Waals surface area contributed by atoms with Crippen LogP contribution < -0.4 is 10.5 Å². The van der Waals surface area contributed by atoms with E-state index in [9.17, 15) is 13.2 Å². The molecule has 7 heteroatoms. The van der Waals surface area contributed by atoms with Gasteiger partial charge in [0, 0.05) is 9.37 Å². The van der Waals surface area contributed by atoms with Crippen molar-refractivity contribution in [2.75, 3.05) is 5.73 Å². The van der Waals surface area contributed by atoms with Crippen LogP contribution >= 0.6 is 28.6 Å². The lowest BCUT2D eigenvalue weighted by Gasteiger charge is -2.11. The maximum Gasteiger partial charge on any atom is 0.573 e. The van der Waals surface area contributed by atoms with E-state index in [1.807, 2.05) is 0 Å². The molecule has 2 nitrogen and oxygen atoms in total. The summed E-state index contributed by atoms with van der Waals surface area (Å²) in [6, 6.07) is 2.22. The predicted molar refractivity (Wildman–Crippen MR) is 52.5 cm³/mol. The third kappa shape index (κ3) is 2.98. The first-order chi connectivity index (χ1) is 6.29. The van der Waals surface area contributed by atoms with E-state index in [-0.39, 0.29) is 16.3 Å². The van der Waals surface area contributed by atoms with Crippen LogP contribution in [0.4, 0.5) is 18.9 Å². The van der Waals surface area contributed by atoms with Crippen molar-refractivity contribution in [3.8, 4) is 5.75 Å². The molecule has 0 fully saturated rings. The molecule has 0 amide bonds. The lowest BCUT2D eigenvalue weighted by Crippen LogP contribution is -2.17. The SMILES string of the molecule is Nc1c(S)cc(OC(F)(F)F)cc1Br. The Bertz CT molecular complexity index is 332. The maximum absolute atomic E-state index is 11.8. The standard InChI is InChI=1S/C7H5BrF3NOS/c8-4-1-3(13-7(9,10)11)2-5(14)6(4)12/h1-2,14H,12H2. The number of halogens is 4. The van der Waals surface area contributed by atoms with E-state index in [0.29, 0.717) is 4.47 Å². The van der Waals surface area contributed by atoms with Gasteiger partial charge in [-0.3, -0.25) is 0 Å². The number of rotatable bonds is 1. The van der Waals surface area contributed by atoms with E-state index in [1.165, 1.54) is 0 Å². The maximum atomic E-state index is 11.8. The molecule has 0 aliphatic carbocycles. The first-order valence-corrected chi connectivity index (χ1v) is 4.57. The monoisotopic (exact) mass is 287 g/mol. The quantitative estimate of drug-likeness (QED) is 0.614. The van der Waals surface area contributed by atoms with E-state index in [0.717, 1.165) is 12.1 Å². The highest BCUT2D eigenvalue weighted by atomic mass is 79.9. The molecule has 0 aliphatic rings. The fraction of sp³-hybridized carbons (Fsp3) is 0.143. The van der Waals surface area contributed by atoms with Crippen molar-refractivity contribution in [2.45, 2.75) is 11.3 Å². The fourth-order valence-corrected chi connectivity index (χ4v) is 1.61. The van der Waals surface area contributed by atoms with Crippen molar-refractivity contribution in [2.24, 2.45) is 0 Å². The first-order valence-electron chi connectivity index (χ1n) is 3.33. The Balaban J connectivity index is 3.02. The summed E-state index contributed by atoms with van der Waals surface area (Å²) in [6.07, 6.45) is -4.71. The third-order valence-electron chi connectivity index (χ3n) is 1.31. The van der Waals surface area contributed by atoms with Gasteiger partial charge in [-0.2, -0.15) is 0 Å². The number of thiol groups is 1. The zero-order valence-electron chi connectivity index (χ0n) is 6.60. The van der Waals surface area contributed by atoms with Crippen molar-refractivity contribution in [1.82, 2.24) is 0 Å². The topological polar surface area (TPSA) is 35.2 Å². The number of nitrogens with two attached hydrogens (primary N) is 1. The molecule has 0 aliphatic heterocycles. The molecule has 78 valence electrons. The molecule has 0 aromatic heterocycles. The second-order valence-electron chi connectivity index (χ2n) is 2.39. The van der Waals surface area contributed by atoms with Crippen molar-refractivity contribution in [3.05, 3.63) is 16.6 Å². The van der Waals surface area contributed by atoms with Crippen LogP contribution in [0.3, 0.4) is 0 Å². The molecule has 0 spiro atoms. The van der Waals surface area contributed by atoms with Gasteiger partial charge in [0.1, 0.15) is 5.75 Å². The summed E-state index contributed by atoms with van der Waals surface area (Å²) in [5, 5.41) is 0. The van der Waals surface area contributed by atoms with E-state index in [4.69, 9.17) is 5.73 Å². The van der Waals surface area contributed by atoms with Crippen LogP contribution in [-0.2, 0) is 0 Å². The smallest absolute Gasteiger partial charge is 0.406 e. The van der Waals surface area contributed by atoms with Gasteiger partial charge in [0.25, 0.3) is 0 Å². The summed E-state index contributed by atoms with van der Waals surface area (Å²) in [7, 11) is 0. The van der Waals surface area contributed by atoms with Gasteiger partial charge in [-0.05, 0) is 28.1 Å². The molecule has 0 bridgehead atoms. The van der Waals surface area contributed by atoms with E-state index in [2.05, 4.69) is 33.3 Å². The predicted octanol–water partition coefficient (Wildman–Crippen LogP) is 3.22. The summed E-state index contributed by atoms with van der Waals surface area (Å²) in [5.74, 6) is -0.358. The van der Waals surface area contributed by atoms with Gasteiger partial charge >= 0.3 is 6.36 Å². The van der Waals surface area contributed by atoms with Gasteiger partial charge in [-0.25, -0.2) is 0 Å². The summed E-state index contributed by atoms with van der Waals surface area (Å²) >= 11 is 6.87. The first kappa shape index (κ1) is 11.5. The Labute approximate surface area is 91.8 Å². The third-order valence-corrected chi connectivity index (χ3v) is 2.34. The Morgan fingerprint density at radius 3 is 2.36 bits per heavy atom. The number of nitrogen functional groups attached to an aromatic ring is 1. The molecule has 0 radical (unpaired) electrons. The Morgan fingerprint density at radius 2 is 1.93 bits per heavy atom. The van der Waals surface area contributed by atoms with Crippen LogP contribution in [0.2, 0.25) is 0 Å². The molecule has 1 rings (SSSR count). The zero-order chi connectivity index (χ0) is 10.9. The Morgan fingerprint density at radius 1 is 1.36 bits per heavy atom. The van der Waals surface area contributed by atoms with Crippen molar-refractivity contribution < 1.29 is 17.9 Å². The number of anilines is 1. The number of hydrogen-bond acceptors (Lipinski definition) is 3. The second kappa shape index (κ2) is 3.90. The van der Waals surface area contributed by atoms with Crippen LogP contribution in [0, 0.1) is 0 Å². The molecule has 14 heavy (non-hydrogen) atoms. The average Bonchev–Trinajstić information content (AvgIpc) is 1.96. The molecular weight excluding hydrogens is 283 g/mol. The molecule has 1 aromatic rings. The molecule has 0 unspecified atom stereocenters. The number of benzene rings is 1. The van der Waals surface area contributed by atoms with Crippen LogP contribution in [0.1, 0.15) is 0 Å². The van der Waals surface area contributed by atoms with Gasteiger partial charge in [0.15, 0.2) is 0 Å². The molecule has 0 heterocycles. The molecule has 2 N–H and O–H groups in total. The van der Waals surface area contributed by atoms with Gasteiger partial charge in [0.2, 0.25) is 0 Å². The number of alkyl halides is 3. The van der Waals surface area contributed by atoms with Crippen LogP contribution in [0.15, 0.2) is 21.5 Å². The molecule has 1 aromatic carbocycles. The highest BCUT2D eigenvalue weighted by molar-refractivity contribution is 9.10. The van der Waals surface area contributed by atoms with Gasteiger partial charge in [0.05, 0.1) is 5.69 Å². The summed E-state index contributed by atoms with van der Waals surface area (Å²) in [6.45, 7) is 0. The highest BCUT2D eigenvalue weighted by Crippen LogP contribution is 2.33. The van der Waals surface area contributed by atoms with Gasteiger partial charge < -0.3 is 10.5 Å². The van der Waals surface area contributed by atoms with Crippen LogP contribution in [-0.4, -0.2) is 6.36 Å². The fourth-order valence-electron chi connectivity index (χ4n) is 0.772. The molecule has 0 saturated heterocycles. The molecular formula is C7H5BrF3NOS. The lowest BCUT2D eigenvalue weighted by atomic mass is 10.3. The van der Waals surface area contributed by atoms with E-state index >= 15 is 0 Å². The van der Waals surface area contributed by atoms with E-state index < -0.39 is 6.36 Å². The molecule has 0 atom stereocenters. The summed E-state index contributed by atoms with van der Waals surface area (Å²) in [4.78, 5) is 0.221. The minimum absolute atomic E-state index is 0.221. The minimum atomic E-state index is -4.71. The zero-order valence-corrected chi connectivity index (χ0v) is 9.08. The minimum Gasteiger partial charge on any atom is -0.406 e. The summed E-state index contributed by atoms with van der Waals surface area (Å²) in [5.41, 5.74) is 5.72. The number of ether oxygens (including phenoxy) is 1. The van der Waals surface area contributed by atoms with Gasteiger partial charge in [-0.15, -0.1) is 25.8 Å². The Kier molecular flexibility index (Phi) is 3.20.